The fraction of sp³-hybridized carbons (Fsp3) is 0.900. The molecule has 0 heterocycles. The summed E-state index contributed by atoms with van der Waals surface area (Å²) in [4.78, 5) is 11.3. The van der Waals surface area contributed by atoms with E-state index in [1.807, 2.05) is 0 Å². The number of hydrogen-bond acceptors (Lipinski definition) is 2. The van der Waals surface area contributed by atoms with Gasteiger partial charge in [0.1, 0.15) is 0 Å². The van der Waals surface area contributed by atoms with Gasteiger partial charge in [-0.3, -0.25) is 4.79 Å². The molecule has 1 amide bonds. The van der Waals surface area contributed by atoms with Gasteiger partial charge in [-0.05, 0) is 25.2 Å². The SMILES string of the molecule is CCC1CC1NC(=O)CNC1CC1. The summed E-state index contributed by atoms with van der Waals surface area (Å²) in [5.41, 5.74) is 0. The van der Waals surface area contributed by atoms with Crippen molar-refractivity contribution in [1.82, 2.24) is 10.6 Å². The normalized spacial score (nSPS) is 31.5. The Hall–Kier alpha value is -0.570. The zero-order valence-electron chi connectivity index (χ0n) is 8.18. The fourth-order valence-electron chi connectivity index (χ4n) is 1.66. The smallest absolute Gasteiger partial charge is 0.234 e. The van der Waals surface area contributed by atoms with Crippen LogP contribution in [-0.4, -0.2) is 24.5 Å². The van der Waals surface area contributed by atoms with E-state index in [9.17, 15) is 4.79 Å². The van der Waals surface area contributed by atoms with Crippen molar-refractivity contribution in [2.24, 2.45) is 5.92 Å². The number of rotatable bonds is 5. The summed E-state index contributed by atoms with van der Waals surface area (Å²) in [6.07, 6.45) is 4.87. The van der Waals surface area contributed by atoms with Crippen molar-refractivity contribution in [3.63, 3.8) is 0 Å². The summed E-state index contributed by atoms with van der Waals surface area (Å²) in [7, 11) is 0. The molecule has 3 nitrogen and oxygen atoms in total. The molecule has 0 aromatic heterocycles. The molecule has 2 unspecified atom stereocenters. The van der Waals surface area contributed by atoms with Crippen LogP contribution in [0.2, 0.25) is 0 Å². The van der Waals surface area contributed by atoms with Crippen LogP contribution in [0.4, 0.5) is 0 Å². The summed E-state index contributed by atoms with van der Waals surface area (Å²) in [5, 5.41) is 6.25. The standard InChI is InChI=1S/C10H18N2O/c1-2-7-5-9(7)12-10(13)6-11-8-3-4-8/h7-9,11H,2-6H2,1H3,(H,12,13). The minimum absolute atomic E-state index is 0.174. The highest BCUT2D eigenvalue weighted by molar-refractivity contribution is 5.78. The van der Waals surface area contributed by atoms with E-state index in [1.54, 1.807) is 0 Å². The van der Waals surface area contributed by atoms with Crippen molar-refractivity contribution in [2.75, 3.05) is 6.54 Å². The van der Waals surface area contributed by atoms with E-state index in [4.69, 9.17) is 0 Å². The number of carbonyl (C=O) groups excluding carboxylic acids is 1. The first-order valence-electron chi connectivity index (χ1n) is 5.32. The average Bonchev–Trinajstić information content (AvgIpc) is 2.97. The Bertz CT molecular complexity index is 201. The summed E-state index contributed by atoms with van der Waals surface area (Å²) < 4.78 is 0. The molecule has 2 aliphatic carbocycles. The highest BCUT2D eigenvalue weighted by Gasteiger charge is 2.36. The van der Waals surface area contributed by atoms with Crippen molar-refractivity contribution in [3.05, 3.63) is 0 Å². The first kappa shape index (κ1) is 9.00. The van der Waals surface area contributed by atoms with Crippen molar-refractivity contribution in [2.45, 2.75) is 44.7 Å². The van der Waals surface area contributed by atoms with Gasteiger partial charge in [0, 0.05) is 12.1 Å². The second-order valence-electron chi connectivity index (χ2n) is 4.23. The van der Waals surface area contributed by atoms with Gasteiger partial charge in [-0.1, -0.05) is 13.3 Å². The molecular weight excluding hydrogens is 164 g/mol. The fourth-order valence-corrected chi connectivity index (χ4v) is 1.66. The van der Waals surface area contributed by atoms with Crippen LogP contribution in [0.3, 0.4) is 0 Å². The summed E-state index contributed by atoms with van der Waals surface area (Å²) in [5.74, 6) is 0.928. The van der Waals surface area contributed by atoms with E-state index in [0.717, 1.165) is 5.92 Å². The Morgan fingerprint density at radius 2 is 2.23 bits per heavy atom. The van der Waals surface area contributed by atoms with Crippen LogP contribution >= 0.6 is 0 Å². The van der Waals surface area contributed by atoms with Crippen molar-refractivity contribution in [3.8, 4) is 0 Å². The molecule has 2 saturated carbocycles. The monoisotopic (exact) mass is 182 g/mol. The van der Waals surface area contributed by atoms with Crippen LogP contribution in [0.15, 0.2) is 0 Å². The predicted molar refractivity (Wildman–Crippen MR) is 51.4 cm³/mol. The van der Waals surface area contributed by atoms with Gasteiger partial charge in [0.15, 0.2) is 0 Å². The third-order valence-electron chi connectivity index (χ3n) is 2.92. The minimum Gasteiger partial charge on any atom is -0.352 e. The lowest BCUT2D eigenvalue weighted by Gasteiger charge is -2.04. The van der Waals surface area contributed by atoms with Gasteiger partial charge in [0.2, 0.25) is 5.91 Å². The lowest BCUT2D eigenvalue weighted by atomic mass is 10.3. The topological polar surface area (TPSA) is 41.1 Å². The molecule has 2 atom stereocenters. The van der Waals surface area contributed by atoms with Gasteiger partial charge in [-0.15, -0.1) is 0 Å². The molecule has 0 saturated heterocycles. The Kier molecular flexibility index (Phi) is 2.54. The molecule has 2 rings (SSSR count). The van der Waals surface area contributed by atoms with E-state index in [0.29, 0.717) is 18.6 Å². The molecule has 3 heteroatoms. The van der Waals surface area contributed by atoms with Crippen LogP contribution in [0.5, 0.6) is 0 Å². The molecule has 0 spiro atoms. The molecule has 2 aliphatic rings. The number of nitrogens with one attached hydrogen (secondary N) is 2. The first-order valence-corrected chi connectivity index (χ1v) is 5.32. The Morgan fingerprint density at radius 3 is 2.77 bits per heavy atom. The van der Waals surface area contributed by atoms with E-state index in [-0.39, 0.29) is 5.91 Å². The average molecular weight is 182 g/mol. The minimum atomic E-state index is 0.174. The zero-order valence-corrected chi connectivity index (χ0v) is 8.18. The molecule has 74 valence electrons. The number of hydrogen-bond donors (Lipinski definition) is 2. The summed E-state index contributed by atoms with van der Waals surface area (Å²) in [6.45, 7) is 2.69. The predicted octanol–water partition coefficient (Wildman–Crippen LogP) is 0.653. The third-order valence-corrected chi connectivity index (χ3v) is 2.92. The van der Waals surface area contributed by atoms with Gasteiger partial charge < -0.3 is 10.6 Å². The first-order chi connectivity index (χ1) is 6.29. The summed E-state index contributed by atoms with van der Waals surface area (Å²) >= 11 is 0. The Morgan fingerprint density at radius 1 is 1.46 bits per heavy atom. The maximum Gasteiger partial charge on any atom is 0.234 e. The van der Waals surface area contributed by atoms with E-state index >= 15 is 0 Å². The number of amides is 1. The van der Waals surface area contributed by atoms with E-state index in [1.165, 1.54) is 25.7 Å². The van der Waals surface area contributed by atoms with E-state index < -0.39 is 0 Å². The van der Waals surface area contributed by atoms with Crippen LogP contribution in [0, 0.1) is 5.92 Å². The Balaban J connectivity index is 1.56. The zero-order chi connectivity index (χ0) is 9.26. The quantitative estimate of drug-likeness (QED) is 0.655. The lowest BCUT2D eigenvalue weighted by molar-refractivity contribution is -0.120. The van der Waals surface area contributed by atoms with E-state index in [2.05, 4.69) is 17.6 Å². The molecule has 2 N–H and O–H groups in total. The second-order valence-corrected chi connectivity index (χ2v) is 4.23. The molecule has 13 heavy (non-hydrogen) atoms. The maximum atomic E-state index is 11.3. The van der Waals surface area contributed by atoms with Crippen LogP contribution in [0.1, 0.15) is 32.6 Å². The molecular formula is C10H18N2O. The van der Waals surface area contributed by atoms with Crippen LogP contribution in [0.25, 0.3) is 0 Å². The van der Waals surface area contributed by atoms with Gasteiger partial charge in [0.25, 0.3) is 0 Å². The Labute approximate surface area is 79.3 Å². The molecule has 0 bridgehead atoms. The largest absolute Gasteiger partial charge is 0.352 e. The highest BCUT2D eigenvalue weighted by Crippen LogP contribution is 2.32. The highest BCUT2D eigenvalue weighted by atomic mass is 16.2. The molecule has 0 radical (unpaired) electrons. The lowest BCUT2D eigenvalue weighted by Crippen LogP contribution is -2.36. The molecule has 0 aromatic carbocycles. The van der Waals surface area contributed by atoms with Crippen molar-refractivity contribution >= 4 is 5.91 Å². The van der Waals surface area contributed by atoms with Gasteiger partial charge in [-0.2, -0.15) is 0 Å². The van der Waals surface area contributed by atoms with Crippen molar-refractivity contribution in [1.29, 1.82) is 0 Å². The van der Waals surface area contributed by atoms with Gasteiger partial charge in [-0.25, -0.2) is 0 Å². The van der Waals surface area contributed by atoms with Gasteiger partial charge in [0.05, 0.1) is 6.54 Å². The maximum absolute atomic E-state index is 11.3. The molecule has 0 aliphatic heterocycles. The van der Waals surface area contributed by atoms with Crippen LogP contribution in [-0.2, 0) is 4.79 Å². The summed E-state index contributed by atoms with van der Waals surface area (Å²) in [6, 6.07) is 1.12. The van der Waals surface area contributed by atoms with Gasteiger partial charge >= 0.3 is 0 Å². The van der Waals surface area contributed by atoms with Crippen molar-refractivity contribution < 1.29 is 4.79 Å². The van der Waals surface area contributed by atoms with Crippen LogP contribution < -0.4 is 10.6 Å². The third kappa shape index (κ3) is 2.69. The molecule has 0 aromatic rings. The number of carbonyl (C=O) groups is 1. The second kappa shape index (κ2) is 3.66. The molecule has 2 fully saturated rings.